The average molecular weight is 272 g/mol. The third-order valence-electron chi connectivity index (χ3n) is 1.74. The first-order valence-electron chi connectivity index (χ1n) is 4.19. The molecule has 14 heavy (non-hydrogen) atoms. The van der Waals surface area contributed by atoms with E-state index < -0.39 is 0 Å². The van der Waals surface area contributed by atoms with E-state index in [0.29, 0.717) is 4.88 Å². The summed E-state index contributed by atoms with van der Waals surface area (Å²) in [7, 11) is 0. The molecule has 0 radical (unpaired) electrons. The molecule has 0 fully saturated rings. The van der Waals surface area contributed by atoms with E-state index in [9.17, 15) is 4.79 Å². The van der Waals surface area contributed by atoms with Crippen LogP contribution in [0.1, 0.15) is 23.0 Å². The van der Waals surface area contributed by atoms with Gasteiger partial charge in [-0.05, 0) is 33.8 Å². The van der Waals surface area contributed by atoms with E-state index in [0.717, 1.165) is 10.9 Å². The minimum Gasteiger partial charge on any atom is -0.338 e. The van der Waals surface area contributed by atoms with Crippen LogP contribution in [0, 0.1) is 12.3 Å². The summed E-state index contributed by atoms with van der Waals surface area (Å²) >= 11 is 4.69. The van der Waals surface area contributed by atoms with Gasteiger partial charge in [-0.1, -0.05) is 12.8 Å². The second-order valence-corrected chi connectivity index (χ2v) is 4.47. The number of carbonyl (C=O) groups excluding carboxylic acids is 1. The number of rotatable bonds is 3. The van der Waals surface area contributed by atoms with Gasteiger partial charge in [-0.2, -0.15) is 0 Å². The Kier molecular flexibility index (Phi) is 4.18. The summed E-state index contributed by atoms with van der Waals surface area (Å²) in [5.41, 5.74) is 0. The monoisotopic (exact) mass is 271 g/mol. The van der Waals surface area contributed by atoms with Gasteiger partial charge in [-0.25, -0.2) is 0 Å². The summed E-state index contributed by atoms with van der Waals surface area (Å²) in [6, 6.07) is 1.66. The molecule has 0 bridgehead atoms. The molecule has 1 atom stereocenters. The Balaban J connectivity index is 2.69. The van der Waals surface area contributed by atoms with Gasteiger partial charge in [-0.3, -0.25) is 4.79 Å². The first-order chi connectivity index (χ1) is 6.69. The molecule has 1 aromatic heterocycles. The number of halogens is 1. The third kappa shape index (κ3) is 2.60. The number of amides is 1. The van der Waals surface area contributed by atoms with Gasteiger partial charge in [0.2, 0.25) is 0 Å². The lowest BCUT2D eigenvalue weighted by atomic mass is 10.2. The van der Waals surface area contributed by atoms with E-state index in [4.69, 9.17) is 6.42 Å². The summed E-state index contributed by atoms with van der Waals surface area (Å²) in [6.45, 7) is 1.94. The molecule has 1 amide bonds. The van der Waals surface area contributed by atoms with Crippen LogP contribution in [-0.4, -0.2) is 11.9 Å². The third-order valence-corrected chi connectivity index (χ3v) is 3.57. The van der Waals surface area contributed by atoms with Crippen molar-refractivity contribution >= 4 is 33.2 Å². The Bertz CT molecular complexity index is 366. The molecule has 1 rings (SSSR count). The molecule has 2 nitrogen and oxygen atoms in total. The van der Waals surface area contributed by atoms with E-state index in [1.165, 1.54) is 11.3 Å². The molecule has 0 saturated carbocycles. The molecule has 1 aromatic rings. The quantitative estimate of drug-likeness (QED) is 0.842. The molecule has 74 valence electrons. The standard InChI is InChI=1S/C10H10BrNOS/c1-3-7(4-2)12-10(13)9-8(11)5-6-14-9/h1,5-7H,4H2,2H3,(H,12,13). The van der Waals surface area contributed by atoms with Crippen molar-refractivity contribution < 1.29 is 4.79 Å². The van der Waals surface area contributed by atoms with E-state index in [1.807, 2.05) is 18.4 Å². The van der Waals surface area contributed by atoms with Crippen molar-refractivity contribution in [1.29, 1.82) is 0 Å². The Morgan fingerprint density at radius 1 is 1.86 bits per heavy atom. The lowest BCUT2D eigenvalue weighted by Crippen LogP contribution is -2.32. The molecule has 4 heteroatoms. The van der Waals surface area contributed by atoms with Crippen LogP contribution < -0.4 is 5.32 Å². The second-order valence-electron chi connectivity index (χ2n) is 2.70. The minimum atomic E-state index is -0.184. The molecule has 0 spiro atoms. The smallest absolute Gasteiger partial charge is 0.263 e. The molecule has 1 N–H and O–H groups in total. The van der Waals surface area contributed by atoms with Gasteiger partial charge in [-0.15, -0.1) is 17.8 Å². The van der Waals surface area contributed by atoms with Crippen LogP contribution >= 0.6 is 27.3 Å². The van der Waals surface area contributed by atoms with Crippen LogP contribution in [0.5, 0.6) is 0 Å². The van der Waals surface area contributed by atoms with Crippen LogP contribution in [0.15, 0.2) is 15.9 Å². The van der Waals surface area contributed by atoms with E-state index in [-0.39, 0.29) is 11.9 Å². The molecule has 0 aromatic carbocycles. The SMILES string of the molecule is C#CC(CC)NC(=O)c1sccc1Br. The van der Waals surface area contributed by atoms with E-state index >= 15 is 0 Å². The molecular weight excluding hydrogens is 262 g/mol. The maximum Gasteiger partial charge on any atom is 0.263 e. The first-order valence-corrected chi connectivity index (χ1v) is 5.86. The Morgan fingerprint density at radius 2 is 2.57 bits per heavy atom. The molecule has 0 saturated heterocycles. The van der Waals surface area contributed by atoms with Crippen molar-refractivity contribution in [2.24, 2.45) is 0 Å². The highest BCUT2D eigenvalue weighted by atomic mass is 79.9. The predicted molar refractivity (Wildman–Crippen MR) is 62.4 cm³/mol. The first kappa shape index (κ1) is 11.3. The van der Waals surface area contributed by atoms with Gasteiger partial charge < -0.3 is 5.32 Å². The number of hydrogen-bond donors (Lipinski definition) is 1. The summed E-state index contributed by atoms with van der Waals surface area (Å²) in [6.07, 6.45) is 5.99. The topological polar surface area (TPSA) is 29.1 Å². The van der Waals surface area contributed by atoms with Crippen molar-refractivity contribution in [2.75, 3.05) is 0 Å². The summed E-state index contributed by atoms with van der Waals surface area (Å²) in [5.74, 6) is 2.41. The normalized spacial score (nSPS) is 11.8. The van der Waals surface area contributed by atoms with Crippen molar-refractivity contribution in [2.45, 2.75) is 19.4 Å². The van der Waals surface area contributed by atoms with Gasteiger partial charge in [0.15, 0.2) is 0 Å². The molecule has 1 unspecified atom stereocenters. The van der Waals surface area contributed by atoms with Crippen LogP contribution in [0.2, 0.25) is 0 Å². The second kappa shape index (κ2) is 5.18. The molecule has 1 heterocycles. The van der Waals surface area contributed by atoms with Gasteiger partial charge in [0.25, 0.3) is 5.91 Å². The van der Waals surface area contributed by atoms with Crippen LogP contribution in [-0.2, 0) is 0 Å². The van der Waals surface area contributed by atoms with Crippen LogP contribution in [0.25, 0.3) is 0 Å². The van der Waals surface area contributed by atoms with E-state index in [2.05, 4.69) is 27.2 Å². The van der Waals surface area contributed by atoms with Gasteiger partial charge in [0.05, 0.1) is 6.04 Å². The molecule has 0 aliphatic heterocycles. The Hall–Kier alpha value is -0.790. The van der Waals surface area contributed by atoms with Crippen LogP contribution in [0.4, 0.5) is 0 Å². The van der Waals surface area contributed by atoms with Crippen molar-refractivity contribution in [1.82, 2.24) is 5.32 Å². The largest absolute Gasteiger partial charge is 0.338 e. The van der Waals surface area contributed by atoms with Crippen LogP contribution in [0.3, 0.4) is 0 Å². The van der Waals surface area contributed by atoms with Crippen molar-refractivity contribution in [3.8, 4) is 12.3 Å². The zero-order valence-corrected chi connectivity index (χ0v) is 10.1. The fourth-order valence-corrected chi connectivity index (χ4v) is 2.40. The fraction of sp³-hybridized carbons (Fsp3) is 0.300. The number of hydrogen-bond acceptors (Lipinski definition) is 2. The van der Waals surface area contributed by atoms with Gasteiger partial charge >= 0.3 is 0 Å². The van der Waals surface area contributed by atoms with Crippen molar-refractivity contribution in [3.63, 3.8) is 0 Å². The fourth-order valence-electron chi connectivity index (χ4n) is 0.941. The molecular formula is C10H10BrNOS. The summed E-state index contributed by atoms with van der Waals surface area (Å²) < 4.78 is 0.812. The summed E-state index contributed by atoms with van der Waals surface area (Å²) in [4.78, 5) is 12.3. The lowest BCUT2D eigenvalue weighted by Gasteiger charge is -2.09. The maximum atomic E-state index is 11.6. The van der Waals surface area contributed by atoms with Gasteiger partial charge in [0, 0.05) is 4.47 Å². The number of thiophene rings is 1. The Morgan fingerprint density at radius 3 is 3.00 bits per heavy atom. The molecule has 0 aliphatic carbocycles. The highest BCUT2D eigenvalue weighted by Crippen LogP contribution is 2.22. The lowest BCUT2D eigenvalue weighted by molar-refractivity contribution is 0.0948. The Labute approximate surface area is 95.8 Å². The number of carbonyl (C=O) groups is 1. The minimum absolute atomic E-state index is 0.114. The number of nitrogens with one attached hydrogen (secondary N) is 1. The molecule has 0 aliphatic rings. The number of terminal acetylenes is 1. The highest BCUT2D eigenvalue weighted by molar-refractivity contribution is 9.10. The predicted octanol–water partition coefficient (Wildman–Crippen LogP) is 2.65. The summed E-state index contributed by atoms with van der Waals surface area (Å²) in [5, 5.41) is 4.62. The maximum absolute atomic E-state index is 11.6. The van der Waals surface area contributed by atoms with E-state index in [1.54, 1.807) is 0 Å². The van der Waals surface area contributed by atoms with Crippen molar-refractivity contribution in [3.05, 3.63) is 20.8 Å². The van der Waals surface area contributed by atoms with Gasteiger partial charge in [0.1, 0.15) is 4.88 Å². The average Bonchev–Trinajstić information content (AvgIpc) is 2.60. The highest BCUT2D eigenvalue weighted by Gasteiger charge is 2.13. The zero-order chi connectivity index (χ0) is 10.6. The zero-order valence-electron chi connectivity index (χ0n) is 7.71.